The van der Waals surface area contributed by atoms with Crippen molar-refractivity contribution in [3.63, 3.8) is 0 Å². The molecule has 0 bridgehead atoms. The van der Waals surface area contributed by atoms with Gasteiger partial charge in [-0.25, -0.2) is 8.42 Å². The molecule has 1 saturated heterocycles. The van der Waals surface area contributed by atoms with E-state index in [0.717, 1.165) is 17.3 Å². The molecule has 1 fully saturated rings. The van der Waals surface area contributed by atoms with Crippen molar-refractivity contribution >= 4 is 26.9 Å². The quantitative estimate of drug-likeness (QED) is 0.854. The van der Waals surface area contributed by atoms with Gasteiger partial charge in [-0.1, -0.05) is 6.07 Å². The van der Waals surface area contributed by atoms with Crippen molar-refractivity contribution in [1.82, 2.24) is 14.2 Å². The van der Waals surface area contributed by atoms with Gasteiger partial charge in [-0.3, -0.25) is 14.7 Å². The van der Waals surface area contributed by atoms with E-state index in [-0.39, 0.29) is 17.5 Å². The van der Waals surface area contributed by atoms with Crippen molar-refractivity contribution in [3.8, 4) is 0 Å². The van der Waals surface area contributed by atoms with Gasteiger partial charge in [-0.05, 0) is 50.6 Å². The number of carboxylic acids is 1. The van der Waals surface area contributed by atoms with E-state index in [4.69, 9.17) is 5.11 Å². The van der Waals surface area contributed by atoms with Gasteiger partial charge >= 0.3 is 5.97 Å². The van der Waals surface area contributed by atoms with Gasteiger partial charge in [-0.15, -0.1) is 0 Å². The molecule has 140 valence electrons. The van der Waals surface area contributed by atoms with Crippen LogP contribution in [0.15, 0.2) is 41.4 Å². The second-order valence-corrected chi connectivity index (χ2v) is 8.59. The van der Waals surface area contributed by atoms with E-state index in [1.165, 1.54) is 4.31 Å². The third kappa shape index (κ3) is 4.03. The minimum absolute atomic E-state index is 0.0326. The number of benzene rings is 1. The molecule has 0 saturated carbocycles. The largest absolute Gasteiger partial charge is 0.480 e. The van der Waals surface area contributed by atoms with Crippen LogP contribution in [0, 0.1) is 0 Å². The Kier molecular flexibility index (Phi) is 5.55. The summed E-state index contributed by atoms with van der Waals surface area (Å²) in [7, 11) is -1.80. The van der Waals surface area contributed by atoms with E-state index in [1.807, 2.05) is 6.07 Å². The van der Waals surface area contributed by atoms with Crippen LogP contribution in [0.25, 0.3) is 10.9 Å². The Hall–Kier alpha value is -2.03. The topological polar surface area (TPSA) is 90.8 Å². The van der Waals surface area contributed by atoms with Crippen LogP contribution in [-0.4, -0.2) is 66.4 Å². The fourth-order valence-corrected chi connectivity index (χ4v) is 4.97. The van der Waals surface area contributed by atoms with Crippen molar-refractivity contribution in [2.75, 3.05) is 26.7 Å². The lowest BCUT2D eigenvalue weighted by Crippen LogP contribution is -2.37. The molecule has 7 nitrogen and oxygen atoms in total. The summed E-state index contributed by atoms with van der Waals surface area (Å²) in [5.41, 5.74) is 0.762. The monoisotopic (exact) mass is 377 g/mol. The van der Waals surface area contributed by atoms with Crippen LogP contribution in [0.5, 0.6) is 0 Å². The number of carboxylic acid groups (broad SMARTS) is 1. The number of fused-ring (bicyclic) bond motifs is 1. The molecule has 1 aliphatic rings. The molecule has 1 unspecified atom stereocenters. The summed E-state index contributed by atoms with van der Waals surface area (Å²) in [6.45, 7) is 0.807. The molecule has 1 atom stereocenters. The van der Waals surface area contributed by atoms with Gasteiger partial charge in [0.2, 0.25) is 10.0 Å². The molecule has 26 heavy (non-hydrogen) atoms. The Bertz CT molecular complexity index is 900. The third-order valence-corrected chi connectivity index (χ3v) is 6.77. The average Bonchev–Trinajstić information content (AvgIpc) is 2.87. The minimum atomic E-state index is -3.58. The van der Waals surface area contributed by atoms with E-state index in [2.05, 4.69) is 4.98 Å². The lowest BCUT2D eigenvalue weighted by atomic mass is 10.1. The van der Waals surface area contributed by atoms with E-state index >= 15 is 0 Å². The second-order valence-electron chi connectivity index (χ2n) is 6.66. The lowest BCUT2D eigenvalue weighted by Gasteiger charge is -2.25. The second kappa shape index (κ2) is 7.69. The predicted molar refractivity (Wildman–Crippen MR) is 98.4 cm³/mol. The number of rotatable bonds is 5. The number of likely N-dealkylation sites (N-methyl/N-ethyl adjacent to an activating group) is 1. The van der Waals surface area contributed by atoms with Crippen LogP contribution >= 0.6 is 0 Å². The van der Waals surface area contributed by atoms with Gasteiger partial charge in [-0.2, -0.15) is 4.31 Å². The standard InChI is InChI=1S/C18H23N3O4S/c1-20(13-18(22)23)15-5-3-10-21(11-8-15)26(24,25)16-6-7-17-14(12-16)4-2-9-19-17/h2,4,6-7,9,12,15H,3,5,8,10-11,13H2,1H3,(H,22,23). The van der Waals surface area contributed by atoms with Crippen LogP contribution in [0.1, 0.15) is 19.3 Å². The Balaban J connectivity index is 1.77. The highest BCUT2D eigenvalue weighted by Crippen LogP contribution is 2.24. The molecule has 1 aliphatic heterocycles. The first-order chi connectivity index (χ1) is 12.4. The average molecular weight is 377 g/mol. The number of hydrogen-bond acceptors (Lipinski definition) is 5. The van der Waals surface area contributed by atoms with Crippen LogP contribution in [0.4, 0.5) is 0 Å². The summed E-state index contributed by atoms with van der Waals surface area (Å²) in [6.07, 6.45) is 3.80. The van der Waals surface area contributed by atoms with Gasteiger partial charge < -0.3 is 5.11 Å². The molecule has 8 heteroatoms. The normalized spacial score (nSPS) is 19.5. The summed E-state index contributed by atoms with van der Waals surface area (Å²) in [4.78, 5) is 17.2. The third-order valence-electron chi connectivity index (χ3n) is 4.88. The molecular weight excluding hydrogens is 354 g/mol. The fraction of sp³-hybridized carbons (Fsp3) is 0.444. The smallest absolute Gasteiger partial charge is 0.317 e. The van der Waals surface area contributed by atoms with E-state index in [9.17, 15) is 13.2 Å². The molecule has 1 aromatic heterocycles. The number of carbonyl (C=O) groups is 1. The molecule has 0 spiro atoms. The number of sulfonamides is 1. The molecule has 0 radical (unpaired) electrons. The van der Waals surface area contributed by atoms with Crippen LogP contribution in [0.3, 0.4) is 0 Å². The highest BCUT2D eigenvalue weighted by atomic mass is 32.2. The zero-order valence-corrected chi connectivity index (χ0v) is 15.5. The molecule has 1 aromatic carbocycles. The molecule has 1 N–H and O–H groups in total. The van der Waals surface area contributed by atoms with Crippen molar-refractivity contribution < 1.29 is 18.3 Å². The van der Waals surface area contributed by atoms with E-state index in [1.54, 1.807) is 42.4 Å². The number of aliphatic carboxylic acids is 1. The minimum Gasteiger partial charge on any atom is -0.480 e. The van der Waals surface area contributed by atoms with Gasteiger partial charge in [0, 0.05) is 30.7 Å². The number of nitrogens with zero attached hydrogens (tertiary/aromatic N) is 3. The van der Waals surface area contributed by atoms with Gasteiger partial charge in [0.05, 0.1) is 17.0 Å². The Labute approximate surface area is 153 Å². The van der Waals surface area contributed by atoms with E-state index in [0.29, 0.717) is 25.9 Å². The van der Waals surface area contributed by atoms with Crippen molar-refractivity contribution in [2.45, 2.75) is 30.2 Å². The zero-order valence-electron chi connectivity index (χ0n) is 14.7. The first-order valence-electron chi connectivity index (χ1n) is 8.65. The van der Waals surface area contributed by atoms with Gasteiger partial charge in [0.15, 0.2) is 0 Å². The molecule has 0 aliphatic carbocycles. The lowest BCUT2D eigenvalue weighted by molar-refractivity contribution is -0.138. The van der Waals surface area contributed by atoms with Gasteiger partial charge in [0.1, 0.15) is 0 Å². The Morgan fingerprint density at radius 3 is 2.88 bits per heavy atom. The molecule has 3 rings (SSSR count). The van der Waals surface area contributed by atoms with Gasteiger partial charge in [0.25, 0.3) is 0 Å². The summed E-state index contributed by atoms with van der Waals surface area (Å²) >= 11 is 0. The number of hydrogen-bond donors (Lipinski definition) is 1. The zero-order chi connectivity index (χ0) is 18.7. The van der Waals surface area contributed by atoms with Crippen molar-refractivity contribution in [3.05, 3.63) is 36.5 Å². The number of pyridine rings is 1. The molecule has 0 amide bonds. The SMILES string of the molecule is CN(CC(=O)O)C1CCCN(S(=O)(=O)c2ccc3ncccc3c2)CC1. The molecular formula is C18H23N3O4S. The van der Waals surface area contributed by atoms with Crippen LogP contribution < -0.4 is 0 Å². The highest BCUT2D eigenvalue weighted by Gasteiger charge is 2.29. The maximum Gasteiger partial charge on any atom is 0.317 e. The van der Waals surface area contributed by atoms with Crippen molar-refractivity contribution in [1.29, 1.82) is 0 Å². The summed E-state index contributed by atoms with van der Waals surface area (Å²) < 4.78 is 27.6. The highest BCUT2D eigenvalue weighted by molar-refractivity contribution is 7.89. The van der Waals surface area contributed by atoms with Crippen molar-refractivity contribution in [2.24, 2.45) is 0 Å². The number of aromatic nitrogens is 1. The predicted octanol–water partition coefficient (Wildman–Crippen LogP) is 1.79. The Morgan fingerprint density at radius 2 is 2.12 bits per heavy atom. The van der Waals surface area contributed by atoms with E-state index < -0.39 is 16.0 Å². The maximum atomic E-state index is 13.0. The maximum absolute atomic E-state index is 13.0. The van der Waals surface area contributed by atoms with Crippen LogP contribution in [-0.2, 0) is 14.8 Å². The summed E-state index contributed by atoms with van der Waals surface area (Å²) in [5.74, 6) is -0.869. The fourth-order valence-electron chi connectivity index (χ4n) is 3.44. The molecule has 2 aromatic rings. The first kappa shape index (κ1) is 18.8. The van der Waals surface area contributed by atoms with Crippen LogP contribution in [0.2, 0.25) is 0 Å². The first-order valence-corrected chi connectivity index (χ1v) is 10.1. The molecule has 2 heterocycles. The summed E-state index contributed by atoms with van der Waals surface area (Å²) in [6, 6.07) is 8.70. The Morgan fingerprint density at radius 1 is 1.31 bits per heavy atom. The summed E-state index contributed by atoms with van der Waals surface area (Å²) in [5, 5.41) is 9.74.